The summed E-state index contributed by atoms with van der Waals surface area (Å²) in [6.07, 6.45) is 4.20. The van der Waals surface area contributed by atoms with E-state index in [1.54, 1.807) is 0 Å². The van der Waals surface area contributed by atoms with Crippen LogP contribution in [0.3, 0.4) is 0 Å². The number of benzene rings is 2. The number of aryl methyl sites for hydroxylation is 1. The van der Waals surface area contributed by atoms with E-state index in [0.29, 0.717) is 0 Å². The summed E-state index contributed by atoms with van der Waals surface area (Å²) >= 11 is 0. The Kier molecular flexibility index (Phi) is 2.92. The fourth-order valence-corrected chi connectivity index (χ4v) is 2.31. The van der Waals surface area contributed by atoms with E-state index in [4.69, 9.17) is 4.99 Å². The first-order chi connectivity index (χ1) is 9.25. The average molecular weight is 248 g/mol. The molecule has 2 nitrogen and oxygen atoms in total. The molecule has 2 heteroatoms. The van der Waals surface area contributed by atoms with Gasteiger partial charge < -0.3 is 4.90 Å². The zero-order valence-corrected chi connectivity index (χ0v) is 11.2. The smallest absolute Gasteiger partial charge is 0.110 e. The Balaban J connectivity index is 2.10. The normalized spacial score (nSPS) is 13.8. The molecule has 0 radical (unpaired) electrons. The first-order valence-corrected chi connectivity index (χ1v) is 6.43. The second-order valence-corrected chi connectivity index (χ2v) is 4.69. The lowest BCUT2D eigenvalue weighted by Gasteiger charge is -2.21. The van der Waals surface area contributed by atoms with Gasteiger partial charge >= 0.3 is 0 Å². The third kappa shape index (κ3) is 2.17. The van der Waals surface area contributed by atoms with E-state index < -0.39 is 0 Å². The summed E-state index contributed by atoms with van der Waals surface area (Å²) in [6.45, 7) is 4.16. The molecule has 0 spiro atoms. The number of aliphatic imine (C=N–C) groups is 1. The number of fused-ring (bicyclic) bond motifs is 1. The maximum absolute atomic E-state index is 4.72. The maximum Gasteiger partial charge on any atom is 0.110 e. The average Bonchev–Trinajstić information content (AvgIpc) is 2.58. The van der Waals surface area contributed by atoms with Gasteiger partial charge in [0.1, 0.15) is 5.84 Å². The molecule has 1 aliphatic rings. The van der Waals surface area contributed by atoms with Crippen LogP contribution in [0.4, 0.5) is 11.4 Å². The molecular formula is C17H16N2. The predicted molar refractivity (Wildman–Crippen MR) is 81.9 cm³/mol. The van der Waals surface area contributed by atoms with Gasteiger partial charge in [-0.3, -0.25) is 0 Å². The molecule has 0 N–H and O–H groups in total. The molecule has 0 fully saturated rings. The molecule has 0 aliphatic carbocycles. The molecule has 0 bridgehead atoms. The topological polar surface area (TPSA) is 15.6 Å². The minimum absolute atomic E-state index is 0.982. The monoisotopic (exact) mass is 248 g/mol. The van der Waals surface area contributed by atoms with Gasteiger partial charge in [-0.25, -0.2) is 4.99 Å². The van der Waals surface area contributed by atoms with Crippen molar-refractivity contribution in [3.8, 4) is 0 Å². The maximum atomic E-state index is 4.72. The van der Waals surface area contributed by atoms with Gasteiger partial charge in [0, 0.05) is 17.5 Å². The van der Waals surface area contributed by atoms with Gasteiger partial charge in [-0.1, -0.05) is 36.4 Å². The fourth-order valence-electron chi connectivity index (χ4n) is 2.31. The quantitative estimate of drug-likeness (QED) is 0.723. The van der Waals surface area contributed by atoms with Crippen LogP contribution in [0.5, 0.6) is 0 Å². The van der Waals surface area contributed by atoms with Gasteiger partial charge in [0.05, 0.1) is 5.69 Å². The van der Waals surface area contributed by atoms with Crippen LogP contribution in [0, 0.1) is 6.92 Å². The van der Waals surface area contributed by atoms with Crippen LogP contribution >= 0.6 is 0 Å². The molecule has 0 saturated carbocycles. The van der Waals surface area contributed by atoms with Gasteiger partial charge in [-0.2, -0.15) is 0 Å². The number of nitrogens with zero attached hydrogens (tertiary/aromatic N) is 2. The van der Waals surface area contributed by atoms with Crippen LogP contribution < -0.4 is 4.90 Å². The van der Waals surface area contributed by atoms with Crippen LogP contribution in [0.25, 0.3) is 6.08 Å². The van der Waals surface area contributed by atoms with E-state index in [1.807, 2.05) is 25.1 Å². The number of para-hydroxylation sites is 2. The second kappa shape index (κ2) is 4.73. The number of anilines is 1. The molecular weight excluding hydrogens is 232 g/mol. The van der Waals surface area contributed by atoms with Crippen molar-refractivity contribution in [2.45, 2.75) is 13.8 Å². The predicted octanol–water partition coefficient (Wildman–Crippen LogP) is 4.54. The van der Waals surface area contributed by atoms with E-state index in [2.05, 4.69) is 54.4 Å². The molecule has 2 aromatic carbocycles. The Hall–Kier alpha value is -2.35. The largest absolute Gasteiger partial charge is 0.305 e. The van der Waals surface area contributed by atoms with Crippen LogP contribution in [0.2, 0.25) is 0 Å². The summed E-state index contributed by atoms with van der Waals surface area (Å²) in [5.41, 5.74) is 4.59. The number of hydrogen-bond donors (Lipinski definition) is 0. The zero-order valence-electron chi connectivity index (χ0n) is 11.2. The van der Waals surface area contributed by atoms with Crippen LogP contribution in [0.1, 0.15) is 18.1 Å². The summed E-state index contributed by atoms with van der Waals surface area (Å²) in [5, 5.41) is 0. The van der Waals surface area contributed by atoms with Crippen molar-refractivity contribution < 1.29 is 0 Å². The van der Waals surface area contributed by atoms with Gasteiger partial charge in [0.2, 0.25) is 0 Å². The summed E-state index contributed by atoms with van der Waals surface area (Å²) in [7, 11) is 0. The highest BCUT2D eigenvalue weighted by atomic mass is 15.2. The molecule has 2 aromatic rings. The Morgan fingerprint density at radius 2 is 1.63 bits per heavy atom. The van der Waals surface area contributed by atoms with Crippen molar-refractivity contribution >= 4 is 23.3 Å². The second-order valence-electron chi connectivity index (χ2n) is 4.69. The summed E-state index contributed by atoms with van der Waals surface area (Å²) in [6, 6.07) is 16.5. The van der Waals surface area contributed by atoms with Crippen LogP contribution in [-0.2, 0) is 0 Å². The lowest BCUT2D eigenvalue weighted by Crippen LogP contribution is -2.22. The van der Waals surface area contributed by atoms with E-state index in [0.717, 1.165) is 17.1 Å². The molecule has 0 atom stereocenters. The van der Waals surface area contributed by atoms with E-state index in [-0.39, 0.29) is 0 Å². The lowest BCUT2D eigenvalue weighted by molar-refractivity contribution is 1.28. The van der Waals surface area contributed by atoms with E-state index in [1.165, 1.54) is 11.3 Å². The van der Waals surface area contributed by atoms with Crippen LogP contribution in [-0.4, -0.2) is 5.84 Å². The molecule has 0 unspecified atom stereocenters. The van der Waals surface area contributed by atoms with Gasteiger partial charge in [0.15, 0.2) is 0 Å². The molecule has 19 heavy (non-hydrogen) atoms. The van der Waals surface area contributed by atoms with Crippen molar-refractivity contribution in [1.82, 2.24) is 0 Å². The van der Waals surface area contributed by atoms with Crippen molar-refractivity contribution in [2.24, 2.45) is 4.99 Å². The fraction of sp³-hybridized carbons (Fsp3) is 0.118. The Bertz CT molecular complexity index is 668. The number of rotatable bonds is 1. The van der Waals surface area contributed by atoms with Crippen molar-refractivity contribution in [3.05, 3.63) is 65.9 Å². The third-order valence-electron chi connectivity index (χ3n) is 3.35. The first kappa shape index (κ1) is 11.7. The van der Waals surface area contributed by atoms with Crippen LogP contribution in [0.15, 0.2) is 59.7 Å². The van der Waals surface area contributed by atoms with Crippen molar-refractivity contribution in [3.63, 3.8) is 0 Å². The molecule has 94 valence electrons. The van der Waals surface area contributed by atoms with Crippen molar-refractivity contribution in [1.29, 1.82) is 0 Å². The molecule has 1 heterocycles. The molecule has 0 aromatic heterocycles. The SMILES string of the molecule is CC1=Nc2ccccc2C=CN1c1ccccc1C. The zero-order chi connectivity index (χ0) is 13.2. The third-order valence-corrected chi connectivity index (χ3v) is 3.35. The summed E-state index contributed by atoms with van der Waals surface area (Å²) < 4.78 is 0. The Labute approximate surface area is 113 Å². The highest BCUT2D eigenvalue weighted by Gasteiger charge is 2.12. The molecule has 0 saturated heterocycles. The van der Waals surface area contributed by atoms with Crippen molar-refractivity contribution in [2.75, 3.05) is 4.90 Å². The summed E-state index contributed by atoms with van der Waals surface area (Å²) in [5.74, 6) is 0.982. The van der Waals surface area contributed by atoms with Gasteiger partial charge in [0.25, 0.3) is 0 Å². The highest BCUT2D eigenvalue weighted by molar-refractivity contribution is 6.02. The summed E-state index contributed by atoms with van der Waals surface area (Å²) in [4.78, 5) is 6.85. The Morgan fingerprint density at radius 3 is 2.47 bits per heavy atom. The van der Waals surface area contributed by atoms with E-state index >= 15 is 0 Å². The highest BCUT2D eigenvalue weighted by Crippen LogP contribution is 2.28. The van der Waals surface area contributed by atoms with Gasteiger partial charge in [-0.15, -0.1) is 0 Å². The first-order valence-electron chi connectivity index (χ1n) is 6.43. The number of hydrogen-bond acceptors (Lipinski definition) is 2. The minimum Gasteiger partial charge on any atom is -0.305 e. The lowest BCUT2D eigenvalue weighted by atomic mass is 10.1. The van der Waals surface area contributed by atoms with Gasteiger partial charge in [-0.05, 0) is 37.6 Å². The Morgan fingerprint density at radius 1 is 0.895 bits per heavy atom. The molecule has 1 aliphatic heterocycles. The standard InChI is InChI=1S/C17H16N2/c1-13-7-3-6-10-17(13)19-12-11-15-8-4-5-9-16(15)18-14(19)2/h3-12H,1-2H3. The molecule has 3 rings (SSSR count). The van der Waals surface area contributed by atoms with E-state index in [9.17, 15) is 0 Å². The minimum atomic E-state index is 0.982. The number of amidine groups is 1. The molecule has 0 amide bonds.